The summed E-state index contributed by atoms with van der Waals surface area (Å²) in [4.78, 5) is 11.4. The first-order valence-corrected chi connectivity index (χ1v) is 7.08. The number of carbonyl (C=O) groups is 1. The van der Waals surface area contributed by atoms with E-state index in [2.05, 4.69) is 12.1 Å². The Labute approximate surface area is 125 Å². The third-order valence-corrected chi connectivity index (χ3v) is 3.61. The molecule has 1 N–H and O–H groups in total. The lowest BCUT2D eigenvalue weighted by atomic mass is 9.88. The van der Waals surface area contributed by atoms with Crippen molar-refractivity contribution in [3.05, 3.63) is 65.7 Å². The topological polar surface area (TPSA) is 46.5 Å². The second-order valence-corrected chi connectivity index (χ2v) is 5.09. The molecule has 0 aliphatic rings. The molecular formula is C18H20O3. The van der Waals surface area contributed by atoms with Crippen LogP contribution < -0.4 is 0 Å². The normalized spacial score (nSPS) is 11.9. The average molecular weight is 284 g/mol. The fourth-order valence-electron chi connectivity index (χ4n) is 2.42. The molecule has 0 heterocycles. The quantitative estimate of drug-likeness (QED) is 0.823. The van der Waals surface area contributed by atoms with E-state index >= 15 is 0 Å². The molecule has 21 heavy (non-hydrogen) atoms. The van der Waals surface area contributed by atoms with Crippen LogP contribution in [0, 0.1) is 0 Å². The molecule has 0 radical (unpaired) electrons. The molecule has 1 atom stereocenters. The van der Waals surface area contributed by atoms with E-state index in [1.807, 2.05) is 30.3 Å². The number of carbonyl (C=O) groups excluding carboxylic acids is 1. The number of aromatic hydroxyl groups is 1. The van der Waals surface area contributed by atoms with Gasteiger partial charge in [0.15, 0.2) is 0 Å². The van der Waals surface area contributed by atoms with Gasteiger partial charge in [0.1, 0.15) is 5.75 Å². The van der Waals surface area contributed by atoms with Gasteiger partial charge in [-0.05, 0) is 42.0 Å². The van der Waals surface area contributed by atoms with Gasteiger partial charge < -0.3 is 9.84 Å². The van der Waals surface area contributed by atoms with E-state index in [0.29, 0.717) is 6.42 Å². The third kappa shape index (κ3) is 4.63. The van der Waals surface area contributed by atoms with Crippen LogP contribution in [0.3, 0.4) is 0 Å². The smallest absolute Gasteiger partial charge is 0.305 e. The highest BCUT2D eigenvalue weighted by molar-refractivity contribution is 5.69. The van der Waals surface area contributed by atoms with Gasteiger partial charge in [0.2, 0.25) is 0 Å². The van der Waals surface area contributed by atoms with Crippen LogP contribution in [0.15, 0.2) is 54.6 Å². The number of rotatable bonds is 6. The lowest BCUT2D eigenvalue weighted by molar-refractivity contribution is -0.140. The van der Waals surface area contributed by atoms with Gasteiger partial charge in [0, 0.05) is 6.42 Å². The first-order chi connectivity index (χ1) is 10.2. The molecular weight excluding hydrogens is 264 g/mol. The van der Waals surface area contributed by atoms with E-state index in [9.17, 15) is 9.90 Å². The molecule has 0 spiro atoms. The summed E-state index contributed by atoms with van der Waals surface area (Å²) in [5, 5.41) is 9.35. The molecule has 0 fully saturated rings. The number of phenolic OH excluding ortho intramolecular Hbond substituents is 1. The molecule has 3 heteroatoms. The Morgan fingerprint density at radius 1 is 1.10 bits per heavy atom. The second-order valence-electron chi connectivity index (χ2n) is 5.09. The van der Waals surface area contributed by atoms with Crippen LogP contribution in [0.25, 0.3) is 0 Å². The van der Waals surface area contributed by atoms with E-state index < -0.39 is 0 Å². The lowest BCUT2D eigenvalue weighted by Gasteiger charge is -2.17. The zero-order valence-corrected chi connectivity index (χ0v) is 12.2. The van der Waals surface area contributed by atoms with Crippen molar-refractivity contribution in [2.45, 2.75) is 25.2 Å². The molecule has 0 saturated heterocycles. The summed E-state index contributed by atoms with van der Waals surface area (Å²) in [6, 6.07) is 17.4. The van der Waals surface area contributed by atoms with Gasteiger partial charge in [-0.2, -0.15) is 0 Å². The molecule has 2 rings (SSSR count). The Bertz CT molecular complexity index is 561. The van der Waals surface area contributed by atoms with Crippen LogP contribution in [-0.4, -0.2) is 18.2 Å². The summed E-state index contributed by atoms with van der Waals surface area (Å²) in [6.07, 6.45) is 1.99. The van der Waals surface area contributed by atoms with Crippen LogP contribution in [-0.2, 0) is 16.0 Å². The molecule has 0 unspecified atom stereocenters. The summed E-state index contributed by atoms with van der Waals surface area (Å²) in [6.45, 7) is 0. The van der Waals surface area contributed by atoms with Crippen LogP contribution in [0.5, 0.6) is 5.75 Å². The zero-order valence-electron chi connectivity index (χ0n) is 12.2. The largest absolute Gasteiger partial charge is 0.508 e. The van der Waals surface area contributed by atoms with Crippen molar-refractivity contribution in [2.24, 2.45) is 0 Å². The maximum atomic E-state index is 11.4. The molecule has 0 aromatic heterocycles. The molecule has 110 valence electrons. The fraction of sp³-hybridized carbons (Fsp3) is 0.278. The predicted molar refractivity (Wildman–Crippen MR) is 82.2 cm³/mol. The first kappa shape index (κ1) is 15.1. The van der Waals surface area contributed by atoms with Crippen molar-refractivity contribution >= 4 is 5.97 Å². The van der Waals surface area contributed by atoms with E-state index in [4.69, 9.17) is 4.74 Å². The number of hydrogen-bond acceptors (Lipinski definition) is 3. The Balaban J connectivity index is 2.11. The second kappa shape index (κ2) is 7.48. The zero-order chi connectivity index (χ0) is 15.1. The Morgan fingerprint density at radius 3 is 2.38 bits per heavy atom. The van der Waals surface area contributed by atoms with E-state index in [-0.39, 0.29) is 17.6 Å². The molecule has 0 bridgehead atoms. The average Bonchev–Trinajstić information content (AvgIpc) is 2.53. The molecule has 3 nitrogen and oxygen atoms in total. The maximum Gasteiger partial charge on any atom is 0.305 e. The van der Waals surface area contributed by atoms with E-state index in [0.717, 1.165) is 18.4 Å². The van der Waals surface area contributed by atoms with Crippen LogP contribution in [0.2, 0.25) is 0 Å². The minimum atomic E-state index is -0.179. The van der Waals surface area contributed by atoms with Gasteiger partial charge >= 0.3 is 5.97 Å². The highest BCUT2D eigenvalue weighted by Gasteiger charge is 2.14. The standard InChI is InChI=1S/C18H20O3/c1-21-18(20)12-9-16(15-5-3-2-4-6-15)13-14-7-10-17(19)11-8-14/h2-8,10-11,16,19H,9,12-13H2,1H3/t16-/m0/s1. The van der Waals surface area contributed by atoms with Crippen LogP contribution in [0.4, 0.5) is 0 Å². The van der Waals surface area contributed by atoms with Gasteiger partial charge in [-0.15, -0.1) is 0 Å². The molecule has 2 aromatic rings. The third-order valence-electron chi connectivity index (χ3n) is 3.61. The number of phenols is 1. The first-order valence-electron chi connectivity index (χ1n) is 7.08. The van der Waals surface area contributed by atoms with E-state index in [1.54, 1.807) is 12.1 Å². The SMILES string of the molecule is COC(=O)CC[C@@H](Cc1ccc(O)cc1)c1ccccc1. The minimum Gasteiger partial charge on any atom is -0.508 e. The molecule has 0 saturated carbocycles. The van der Waals surface area contributed by atoms with Crippen molar-refractivity contribution in [1.29, 1.82) is 0 Å². The van der Waals surface area contributed by atoms with Crippen molar-refractivity contribution in [1.82, 2.24) is 0 Å². The number of methoxy groups -OCH3 is 1. The Morgan fingerprint density at radius 2 is 1.76 bits per heavy atom. The Kier molecular flexibility index (Phi) is 5.38. The highest BCUT2D eigenvalue weighted by atomic mass is 16.5. The fourth-order valence-corrected chi connectivity index (χ4v) is 2.42. The highest BCUT2D eigenvalue weighted by Crippen LogP contribution is 2.26. The van der Waals surface area contributed by atoms with Crippen molar-refractivity contribution in [3.8, 4) is 5.75 Å². The van der Waals surface area contributed by atoms with Gasteiger partial charge in [-0.1, -0.05) is 42.5 Å². The summed E-state index contributed by atoms with van der Waals surface area (Å²) in [5.74, 6) is 0.348. The number of hydrogen-bond donors (Lipinski definition) is 1. The van der Waals surface area contributed by atoms with Gasteiger partial charge in [0.25, 0.3) is 0 Å². The molecule has 0 amide bonds. The number of benzene rings is 2. The maximum absolute atomic E-state index is 11.4. The Hall–Kier alpha value is -2.29. The lowest BCUT2D eigenvalue weighted by Crippen LogP contribution is -2.08. The summed E-state index contributed by atoms with van der Waals surface area (Å²) < 4.78 is 4.73. The predicted octanol–water partition coefficient (Wildman–Crippen LogP) is 3.67. The summed E-state index contributed by atoms with van der Waals surface area (Å²) in [7, 11) is 1.42. The van der Waals surface area contributed by atoms with Gasteiger partial charge in [-0.3, -0.25) is 4.79 Å². The monoisotopic (exact) mass is 284 g/mol. The molecule has 0 aliphatic heterocycles. The summed E-state index contributed by atoms with van der Waals surface area (Å²) in [5.41, 5.74) is 2.36. The number of esters is 1. The van der Waals surface area contributed by atoms with Crippen molar-refractivity contribution < 1.29 is 14.6 Å². The summed E-state index contributed by atoms with van der Waals surface area (Å²) >= 11 is 0. The number of ether oxygens (including phenoxy) is 1. The molecule has 2 aromatic carbocycles. The molecule has 0 aliphatic carbocycles. The van der Waals surface area contributed by atoms with Crippen molar-refractivity contribution in [3.63, 3.8) is 0 Å². The van der Waals surface area contributed by atoms with Crippen molar-refractivity contribution in [2.75, 3.05) is 7.11 Å². The van der Waals surface area contributed by atoms with Crippen LogP contribution in [0.1, 0.15) is 29.9 Å². The van der Waals surface area contributed by atoms with Gasteiger partial charge in [0.05, 0.1) is 7.11 Å². The van der Waals surface area contributed by atoms with E-state index in [1.165, 1.54) is 12.7 Å². The minimum absolute atomic E-state index is 0.179. The van der Waals surface area contributed by atoms with Crippen LogP contribution >= 0.6 is 0 Å². The van der Waals surface area contributed by atoms with Gasteiger partial charge in [-0.25, -0.2) is 0 Å².